The van der Waals surface area contributed by atoms with E-state index in [9.17, 15) is 24.4 Å². The molecule has 1 saturated carbocycles. The van der Waals surface area contributed by atoms with Crippen molar-refractivity contribution < 1.29 is 38.6 Å². The number of anilines is 1. The Balaban J connectivity index is 1.31. The van der Waals surface area contributed by atoms with Crippen LogP contribution in [-0.4, -0.2) is 79.3 Å². The molecule has 0 aromatic carbocycles. The molecule has 1 aliphatic carbocycles. The Morgan fingerprint density at radius 3 is 2.70 bits per heavy atom. The Labute approximate surface area is 260 Å². The summed E-state index contributed by atoms with van der Waals surface area (Å²) in [4.78, 5) is 61.3. The molecule has 4 heterocycles. The maximum Gasteiger partial charge on any atom is 0.511 e. The molecule has 2 aliphatic heterocycles. The predicted octanol–water partition coefficient (Wildman–Crippen LogP) is 3.04. The average Bonchev–Trinajstić information content (AvgIpc) is 3.44. The number of nitrogen functional groups attached to an aromatic ring is 1. The molecule has 2 aromatic heterocycles. The smallest absolute Gasteiger partial charge is 0.431 e. The second kappa shape index (κ2) is 13.9. The number of carbonyl (C=O) groups excluding carboxylic acids is 4. The van der Waals surface area contributed by atoms with E-state index in [2.05, 4.69) is 20.4 Å². The lowest BCUT2D eigenvalue weighted by molar-refractivity contribution is -0.169. The zero-order chi connectivity index (χ0) is 31.2. The Morgan fingerprint density at radius 1 is 1.23 bits per heavy atom. The number of amides is 2. The number of rotatable bonds is 9. The number of nitrogens with one attached hydrogen (secondary N) is 1. The number of hydrogen-bond acceptors (Lipinski definition) is 14. The number of ether oxygens (including phenoxy) is 3. The number of thiazole rings is 1. The van der Waals surface area contributed by atoms with Crippen molar-refractivity contribution >= 4 is 64.0 Å². The molecule has 44 heavy (non-hydrogen) atoms. The highest BCUT2D eigenvalue weighted by Crippen LogP contribution is 2.41. The maximum absolute atomic E-state index is 13.5. The largest absolute Gasteiger partial charge is 0.511 e. The zero-order valence-corrected chi connectivity index (χ0v) is 25.2. The van der Waals surface area contributed by atoms with Gasteiger partial charge in [0.15, 0.2) is 10.8 Å². The van der Waals surface area contributed by atoms with Crippen LogP contribution in [0.4, 0.5) is 9.93 Å². The summed E-state index contributed by atoms with van der Waals surface area (Å²) >= 11 is 2.37. The van der Waals surface area contributed by atoms with Crippen LogP contribution < -0.4 is 11.1 Å². The van der Waals surface area contributed by atoms with E-state index < -0.39 is 47.4 Å². The number of thioether (sulfide) groups is 1. The highest BCUT2D eigenvalue weighted by molar-refractivity contribution is 8.00. The molecule has 3 atom stereocenters. The van der Waals surface area contributed by atoms with E-state index in [1.165, 1.54) is 29.0 Å². The topological polar surface area (TPSA) is 196 Å². The number of hydrogen-bond donors (Lipinski definition) is 3. The lowest BCUT2D eigenvalue weighted by atomic mass is 9.98. The highest BCUT2D eigenvalue weighted by Gasteiger charge is 2.54. The standard InChI is InChI=1S/C28H30N6O8S2/c1-15(41-28(38)42-18-7-3-2-4-8-18)40-26(37)22-17(10-9-16-6-5-11-30-12-16)13-43-25-21(24(36)34(22)25)32-23(35)20(33-39)19-14-44-27(29)31-19/h5-6,9-12,14-15,18,21,25,39H,2-4,7-8,13H2,1H3,(H2,29,31)(H,32,35)/b10-9-,33-20?/t15-,21+,25-/m0/s1. The minimum absolute atomic E-state index is 0.0513. The van der Waals surface area contributed by atoms with E-state index in [1.807, 2.05) is 6.07 Å². The molecule has 2 aromatic rings. The average molecular weight is 643 g/mol. The number of oxime groups is 1. The monoisotopic (exact) mass is 642 g/mol. The minimum Gasteiger partial charge on any atom is -0.431 e. The van der Waals surface area contributed by atoms with Gasteiger partial charge in [0.25, 0.3) is 11.8 Å². The number of allylic oxidation sites excluding steroid dienone is 1. The second-order valence-electron chi connectivity index (χ2n) is 10.1. The van der Waals surface area contributed by atoms with Gasteiger partial charge in [-0.3, -0.25) is 19.5 Å². The molecule has 0 radical (unpaired) electrons. The fraction of sp³-hybridized carbons (Fsp3) is 0.393. The van der Waals surface area contributed by atoms with Crippen molar-refractivity contribution in [3.8, 4) is 0 Å². The molecule has 4 N–H and O–H groups in total. The fourth-order valence-corrected chi connectivity index (χ4v) is 6.83. The van der Waals surface area contributed by atoms with E-state index in [0.717, 1.165) is 49.0 Å². The number of pyridine rings is 1. The number of nitrogens with two attached hydrogens (primary N) is 1. The van der Waals surface area contributed by atoms with Crippen molar-refractivity contribution in [2.24, 2.45) is 5.16 Å². The molecule has 2 fully saturated rings. The van der Waals surface area contributed by atoms with Crippen molar-refractivity contribution in [3.63, 3.8) is 0 Å². The van der Waals surface area contributed by atoms with Gasteiger partial charge in [-0.1, -0.05) is 29.8 Å². The van der Waals surface area contributed by atoms with Gasteiger partial charge in [-0.05, 0) is 42.9 Å². The summed E-state index contributed by atoms with van der Waals surface area (Å²) in [5.41, 5.74) is 6.45. The molecular formula is C28H30N6O8S2. The van der Waals surface area contributed by atoms with Crippen molar-refractivity contribution in [3.05, 3.63) is 58.5 Å². The molecule has 0 unspecified atom stereocenters. The SMILES string of the molecule is C[C@H](OC(=O)OC1CCCCC1)OC(=O)C1=C(/C=C\c2cccnc2)CS[C@H]2[C@H](NC(=O)C(=NO)c3csc(N)n3)C(=O)N12. The molecular weight excluding hydrogens is 612 g/mol. The first-order valence-corrected chi connectivity index (χ1v) is 15.8. The van der Waals surface area contributed by atoms with Gasteiger partial charge in [-0.2, -0.15) is 0 Å². The molecule has 16 heteroatoms. The maximum atomic E-state index is 13.5. The van der Waals surface area contributed by atoms with Crippen LogP contribution in [-0.2, 0) is 28.6 Å². The molecule has 0 bridgehead atoms. The van der Waals surface area contributed by atoms with Crippen LogP contribution in [0.25, 0.3) is 6.08 Å². The Kier molecular flexibility index (Phi) is 9.79. The normalized spacial score (nSPS) is 21.3. The van der Waals surface area contributed by atoms with Crippen molar-refractivity contribution in [2.75, 3.05) is 11.5 Å². The molecule has 1 saturated heterocycles. The van der Waals surface area contributed by atoms with Gasteiger partial charge in [-0.15, -0.1) is 23.1 Å². The Bertz CT molecular complexity index is 1500. The zero-order valence-electron chi connectivity index (χ0n) is 23.6. The number of carbonyl (C=O) groups is 4. The summed E-state index contributed by atoms with van der Waals surface area (Å²) in [6, 6.07) is 2.55. The third kappa shape index (κ3) is 7.02. The number of β-lactam (4-membered cyclic amide) rings is 1. The molecule has 5 rings (SSSR count). The quantitative estimate of drug-likeness (QED) is 0.0905. The summed E-state index contributed by atoms with van der Waals surface area (Å²) in [7, 11) is 0. The van der Waals surface area contributed by atoms with Crippen LogP contribution in [0.1, 0.15) is 50.3 Å². The Morgan fingerprint density at radius 2 is 2.02 bits per heavy atom. The Hall–Kier alpha value is -4.44. The van der Waals surface area contributed by atoms with Gasteiger partial charge in [-0.25, -0.2) is 14.6 Å². The van der Waals surface area contributed by atoms with Crippen molar-refractivity contribution in [1.82, 2.24) is 20.2 Å². The lowest BCUT2D eigenvalue weighted by Gasteiger charge is -2.49. The number of esters is 1. The van der Waals surface area contributed by atoms with E-state index in [0.29, 0.717) is 5.57 Å². The summed E-state index contributed by atoms with van der Waals surface area (Å²) in [5.74, 6) is -2.04. The van der Waals surface area contributed by atoms with E-state index >= 15 is 0 Å². The van der Waals surface area contributed by atoms with Crippen molar-refractivity contribution in [2.45, 2.75) is 62.8 Å². The third-order valence-electron chi connectivity index (χ3n) is 7.07. The van der Waals surface area contributed by atoms with Crippen LogP contribution in [0.15, 0.2) is 52.4 Å². The second-order valence-corrected chi connectivity index (χ2v) is 12.1. The van der Waals surface area contributed by atoms with Crippen LogP contribution in [0, 0.1) is 0 Å². The van der Waals surface area contributed by atoms with Crippen LogP contribution >= 0.6 is 23.1 Å². The molecule has 232 valence electrons. The number of aromatic nitrogens is 2. The summed E-state index contributed by atoms with van der Waals surface area (Å²) in [5, 5.41) is 16.0. The van der Waals surface area contributed by atoms with Gasteiger partial charge >= 0.3 is 12.1 Å². The van der Waals surface area contributed by atoms with Crippen LogP contribution in [0.3, 0.4) is 0 Å². The number of nitrogens with zero attached hydrogens (tertiary/aromatic N) is 4. The summed E-state index contributed by atoms with van der Waals surface area (Å²) < 4.78 is 16.0. The van der Waals surface area contributed by atoms with E-state index in [-0.39, 0.29) is 28.4 Å². The van der Waals surface area contributed by atoms with Gasteiger partial charge in [0, 0.05) is 30.5 Å². The first kappa shape index (κ1) is 31.0. The third-order valence-corrected chi connectivity index (χ3v) is 9.05. The summed E-state index contributed by atoms with van der Waals surface area (Å²) in [6.07, 6.45) is 8.72. The van der Waals surface area contributed by atoms with Gasteiger partial charge < -0.3 is 30.5 Å². The summed E-state index contributed by atoms with van der Waals surface area (Å²) in [6.45, 7) is 1.38. The predicted molar refractivity (Wildman–Crippen MR) is 160 cm³/mol. The molecule has 14 nitrogen and oxygen atoms in total. The van der Waals surface area contributed by atoms with Gasteiger partial charge in [0.1, 0.15) is 28.9 Å². The van der Waals surface area contributed by atoms with Gasteiger partial charge in [0.05, 0.1) is 0 Å². The van der Waals surface area contributed by atoms with Gasteiger partial charge in [0.2, 0.25) is 6.29 Å². The van der Waals surface area contributed by atoms with Crippen LogP contribution in [0.5, 0.6) is 0 Å². The van der Waals surface area contributed by atoms with E-state index in [4.69, 9.17) is 19.9 Å². The molecule has 0 spiro atoms. The first-order chi connectivity index (χ1) is 21.2. The van der Waals surface area contributed by atoms with Crippen LogP contribution in [0.2, 0.25) is 0 Å². The lowest BCUT2D eigenvalue weighted by Crippen LogP contribution is -2.71. The highest BCUT2D eigenvalue weighted by atomic mass is 32.2. The van der Waals surface area contributed by atoms with E-state index in [1.54, 1.807) is 30.6 Å². The molecule has 2 amide bonds. The minimum atomic E-state index is -1.30. The first-order valence-electron chi connectivity index (χ1n) is 13.8. The fourth-order valence-electron chi connectivity index (χ4n) is 4.96. The van der Waals surface area contributed by atoms with Crippen molar-refractivity contribution in [1.29, 1.82) is 0 Å². The number of fused-ring (bicyclic) bond motifs is 1. The molecule has 3 aliphatic rings.